The van der Waals surface area contributed by atoms with E-state index in [0.717, 1.165) is 0 Å². The van der Waals surface area contributed by atoms with E-state index in [1.54, 1.807) is 0 Å². The van der Waals surface area contributed by atoms with Crippen molar-refractivity contribution in [2.24, 2.45) is 0 Å². The largest absolute Gasteiger partial charge is 0.0985 e. The SMILES string of the molecule is C=C/C(=C\C)c1ccc(-c2ccc(CCCCCCC)cc2)cc1. The van der Waals surface area contributed by atoms with Crippen LogP contribution in [0.15, 0.2) is 67.3 Å². The van der Waals surface area contributed by atoms with Gasteiger partial charge in [0.2, 0.25) is 0 Å². The van der Waals surface area contributed by atoms with Crippen molar-refractivity contribution >= 4 is 5.57 Å². The van der Waals surface area contributed by atoms with Crippen molar-refractivity contribution in [3.8, 4) is 11.1 Å². The van der Waals surface area contributed by atoms with Gasteiger partial charge in [0.1, 0.15) is 0 Å². The van der Waals surface area contributed by atoms with E-state index in [9.17, 15) is 0 Å². The number of rotatable bonds is 9. The molecule has 24 heavy (non-hydrogen) atoms. The summed E-state index contributed by atoms with van der Waals surface area (Å²) in [5.41, 5.74) is 6.42. The third-order valence-corrected chi connectivity index (χ3v) is 4.61. The lowest BCUT2D eigenvalue weighted by Gasteiger charge is -2.07. The van der Waals surface area contributed by atoms with Crippen molar-refractivity contribution in [2.75, 3.05) is 0 Å². The predicted octanol–water partition coefficient (Wildman–Crippen LogP) is 7.46. The maximum absolute atomic E-state index is 3.87. The minimum absolute atomic E-state index is 1.18. The Bertz CT molecular complexity index is 641. The highest BCUT2D eigenvalue weighted by Crippen LogP contribution is 2.24. The van der Waals surface area contributed by atoms with Crippen LogP contribution in [0.1, 0.15) is 57.1 Å². The van der Waals surface area contributed by atoms with Gasteiger partial charge in [-0.25, -0.2) is 0 Å². The summed E-state index contributed by atoms with van der Waals surface area (Å²) in [6, 6.07) is 17.8. The second kappa shape index (κ2) is 9.93. The van der Waals surface area contributed by atoms with E-state index in [2.05, 4.69) is 68.1 Å². The molecule has 0 nitrogen and oxygen atoms in total. The molecule has 0 aliphatic heterocycles. The van der Waals surface area contributed by atoms with Gasteiger partial charge in [-0.3, -0.25) is 0 Å². The Morgan fingerprint density at radius 2 is 1.42 bits per heavy atom. The summed E-state index contributed by atoms with van der Waals surface area (Å²) < 4.78 is 0. The third kappa shape index (κ3) is 5.23. The molecule has 2 aromatic rings. The van der Waals surface area contributed by atoms with Crippen molar-refractivity contribution in [2.45, 2.75) is 52.4 Å². The normalized spacial score (nSPS) is 11.5. The Morgan fingerprint density at radius 3 is 1.96 bits per heavy atom. The summed E-state index contributed by atoms with van der Waals surface area (Å²) in [6.07, 6.45) is 11.9. The molecule has 2 aromatic carbocycles. The van der Waals surface area contributed by atoms with E-state index < -0.39 is 0 Å². The summed E-state index contributed by atoms with van der Waals surface area (Å²) in [5, 5.41) is 0. The van der Waals surface area contributed by atoms with Gasteiger partial charge in [0, 0.05) is 0 Å². The quantitative estimate of drug-likeness (QED) is 0.332. The smallest absolute Gasteiger partial charge is 0.0184 e. The Labute approximate surface area is 147 Å². The van der Waals surface area contributed by atoms with Crippen LogP contribution in [0.3, 0.4) is 0 Å². The molecule has 2 rings (SSSR count). The van der Waals surface area contributed by atoms with Crippen molar-refractivity contribution in [1.82, 2.24) is 0 Å². The third-order valence-electron chi connectivity index (χ3n) is 4.61. The summed E-state index contributed by atoms with van der Waals surface area (Å²) in [4.78, 5) is 0. The predicted molar refractivity (Wildman–Crippen MR) is 108 cm³/mol. The molecule has 0 atom stereocenters. The molecule has 0 spiro atoms. The molecule has 0 fully saturated rings. The van der Waals surface area contributed by atoms with Crippen LogP contribution in [0.5, 0.6) is 0 Å². The van der Waals surface area contributed by atoms with E-state index in [0.29, 0.717) is 0 Å². The molecule has 0 saturated heterocycles. The molecule has 0 heterocycles. The Kier molecular flexibility index (Phi) is 7.55. The van der Waals surface area contributed by atoms with Gasteiger partial charge < -0.3 is 0 Å². The molecule has 0 heteroatoms. The maximum Gasteiger partial charge on any atom is -0.0184 e. The van der Waals surface area contributed by atoms with E-state index in [1.807, 2.05) is 13.0 Å². The zero-order chi connectivity index (χ0) is 17.2. The first-order chi connectivity index (χ1) is 11.8. The van der Waals surface area contributed by atoms with Crippen molar-refractivity contribution in [3.63, 3.8) is 0 Å². The van der Waals surface area contributed by atoms with Gasteiger partial charge in [-0.15, -0.1) is 0 Å². The lowest BCUT2D eigenvalue weighted by Crippen LogP contribution is -1.87. The van der Waals surface area contributed by atoms with Gasteiger partial charge in [0.05, 0.1) is 0 Å². The van der Waals surface area contributed by atoms with Crippen LogP contribution in [0, 0.1) is 0 Å². The van der Waals surface area contributed by atoms with Crippen molar-refractivity contribution < 1.29 is 0 Å². The first kappa shape index (κ1) is 18.3. The fourth-order valence-electron chi connectivity index (χ4n) is 3.05. The molecule has 0 bridgehead atoms. The van der Waals surface area contributed by atoms with Gasteiger partial charge in [-0.1, -0.05) is 99.9 Å². The molecular weight excluding hydrogens is 288 g/mol. The monoisotopic (exact) mass is 318 g/mol. The molecule has 0 amide bonds. The average molecular weight is 319 g/mol. The Hall–Kier alpha value is -2.08. The van der Waals surface area contributed by atoms with Gasteiger partial charge in [0.15, 0.2) is 0 Å². The van der Waals surface area contributed by atoms with Crippen LogP contribution in [-0.4, -0.2) is 0 Å². The van der Waals surface area contributed by atoms with Crippen molar-refractivity contribution in [1.29, 1.82) is 0 Å². The van der Waals surface area contributed by atoms with Crippen LogP contribution in [0.25, 0.3) is 16.7 Å². The van der Waals surface area contributed by atoms with Gasteiger partial charge in [0.25, 0.3) is 0 Å². The minimum Gasteiger partial charge on any atom is -0.0985 e. The van der Waals surface area contributed by atoms with Crippen molar-refractivity contribution in [3.05, 3.63) is 78.4 Å². The molecule has 0 aromatic heterocycles. The average Bonchev–Trinajstić information content (AvgIpc) is 2.64. The Morgan fingerprint density at radius 1 is 0.833 bits per heavy atom. The topological polar surface area (TPSA) is 0 Å². The lowest BCUT2D eigenvalue weighted by atomic mass is 9.98. The van der Waals surface area contributed by atoms with E-state index in [-0.39, 0.29) is 0 Å². The summed E-state index contributed by atoms with van der Waals surface area (Å²) in [7, 11) is 0. The van der Waals surface area contributed by atoms with Gasteiger partial charge >= 0.3 is 0 Å². The number of allylic oxidation sites excluding steroid dienone is 3. The molecular formula is C24H30. The van der Waals surface area contributed by atoms with Gasteiger partial charge in [-0.2, -0.15) is 0 Å². The summed E-state index contributed by atoms with van der Waals surface area (Å²) in [6.45, 7) is 8.18. The van der Waals surface area contributed by atoms with Gasteiger partial charge in [-0.05, 0) is 47.6 Å². The molecule has 0 aliphatic rings. The maximum atomic E-state index is 3.87. The van der Waals surface area contributed by atoms with Crippen LogP contribution >= 0.6 is 0 Å². The van der Waals surface area contributed by atoms with E-state index in [1.165, 1.54) is 66.4 Å². The number of unbranched alkanes of at least 4 members (excludes halogenated alkanes) is 4. The molecule has 0 radical (unpaired) electrons. The zero-order valence-corrected chi connectivity index (χ0v) is 15.2. The number of hydrogen-bond acceptors (Lipinski definition) is 0. The summed E-state index contributed by atoms with van der Waals surface area (Å²) in [5.74, 6) is 0. The molecule has 0 aliphatic carbocycles. The van der Waals surface area contributed by atoms with Crippen LogP contribution in [0.4, 0.5) is 0 Å². The number of hydrogen-bond donors (Lipinski definition) is 0. The van der Waals surface area contributed by atoms with Crippen LogP contribution < -0.4 is 0 Å². The first-order valence-electron chi connectivity index (χ1n) is 9.27. The first-order valence-corrected chi connectivity index (χ1v) is 9.27. The number of benzene rings is 2. The lowest BCUT2D eigenvalue weighted by molar-refractivity contribution is 0.632. The molecule has 126 valence electrons. The van der Waals surface area contributed by atoms with E-state index in [4.69, 9.17) is 0 Å². The number of aryl methyl sites for hydroxylation is 1. The zero-order valence-electron chi connectivity index (χ0n) is 15.2. The highest BCUT2D eigenvalue weighted by molar-refractivity contribution is 5.75. The summed E-state index contributed by atoms with van der Waals surface area (Å²) >= 11 is 0. The van der Waals surface area contributed by atoms with Crippen LogP contribution in [0.2, 0.25) is 0 Å². The molecule has 0 N–H and O–H groups in total. The molecule has 0 unspecified atom stereocenters. The second-order valence-corrected chi connectivity index (χ2v) is 6.39. The Balaban J connectivity index is 1.96. The van der Waals surface area contributed by atoms with E-state index >= 15 is 0 Å². The highest BCUT2D eigenvalue weighted by atomic mass is 14.1. The fraction of sp³-hybridized carbons (Fsp3) is 0.333. The minimum atomic E-state index is 1.18. The molecule has 0 saturated carbocycles. The second-order valence-electron chi connectivity index (χ2n) is 6.39. The standard InChI is InChI=1S/C24H30/c1-4-7-8-9-10-11-20-12-14-23(15-13-20)24-18-16-22(17-19-24)21(5-2)6-3/h5-6,12-19H,2,4,7-11H2,1,3H3/b21-6+. The highest BCUT2D eigenvalue weighted by Gasteiger charge is 2.01. The fourth-order valence-corrected chi connectivity index (χ4v) is 3.05. The van der Waals surface area contributed by atoms with Crippen LogP contribution in [-0.2, 0) is 6.42 Å².